The van der Waals surface area contributed by atoms with Crippen molar-refractivity contribution >= 4 is 40.2 Å². The number of hydrogen-bond donors (Lipinski definition) is 3. The van der Waals surface area contributed by atoms with Crippen LogP contribution >= 0.6 is 11.6 Å². The second-order valence-corrected chi connectivity index (χ2v) is 17.1. The van der Waals surface area contributed by atoms with Gasteiger partial charge in [-0.2, -0.15) is 8.78 Å². The standard InChI is InChI=1S/C45H49ClF2N2O6/c1-44(2,3)56-43(54)49-35-23-30-9-10-31(24-35)38(30)40(52)41(45(47,48)33-17-12-26(13-18-33)27-14-19-34(46)20-15-27)50-42(53)39(51)32-11-8-29-25-37(21-16-28(29)22-32)55-36-6-4-5-7-36/h8,11-22,25,30-31,35-36,38-39,41,51H,4-7,9-10,23-24H2,1-3H3,(H,49,54)(H,50,53)/t30?,31?,35?,38?,39-,41-/m1/s1. The largest absolute Gasteiger partial charge is 0.490 e. The number of alkyl carbamates (subject to hydrolysis) is 1. The van der Waals surface area contributed by atoms with E-state index < -0.39 is 52.9 Å². The third-order valence-corrected chi connectivity index (χ3v) is 11.8. The number of ketones is 1. The molecule has 4 aromatic rings. The first-order valence-electron chi connectivity index (χ1n) is 19.6. The molecule has 0 aliphatic heterocycles. The highest BCUT2D eigenvalue weighted by Gasteiger charge is 2.55. The predicted molar refractivity (Wildman–Crippen MR) is 212 cm³/mol. The summed E-state index contributed by atoms with van der Waals surface area (Å²) in [6, 6.07) is 20.6. The molecule has 0 aromatic heterocycles. The Morgan fingerprint density at radius 1 is 0.804 bits per heavy atom. The van der Waals surface area contributed by atoms with Crippen LogP contribution in [0.3, 0.4) is 0 Å². The number of carbonyl (C=O) groups excluding carboxylic acids is 3. The zero-order valence-electron chi connectivity index (χ0n) is 31.9. The van der Waals surface area contributed by atoms with Gasteiger partial charge in [-0.15, -0.1) is 0 Å². The number of rotatable bonds is 11. The van der Waals surface area contributed by atoms with Gasteiger partial charge in [-0.3, -0.25) is 9.59 Å². The molecule has 0 radical (unpaired) electrons. The summed E-state index contributed by atoms with van der Waals surface area (Å²) in [5.74, 6) is -6.32. The number of aliphatic hydroxyl groups excluding tert-OH is 1. The van der Waals surface area contributed by atoms with Crippen molar-refractivity contribution in [3.63, 3.8) is 0 Å². The molecule has 3 aliphatic carbocycles. The summed E-state index contributed by atoms with van der Waals surface area (Å²) >= 11 is 6.04. The molecular weight excluding hydrogens is 738 g/mol. The number of hydrogen-bond acceptors (Lipinski definition) is 6. The van der Waals surface area contributed by atoms with Gasteiger partial charge in [0.15, 0.2) is 17.9 Å². The summed E-state index contributed by atoms with van der Waals surface area (Å²) < 4.78 is 45.4. The van der Waals surface area contributed by atoms with Crippen molar-refractivity contribution < 1.29 is 37.7 Å². The van der Waals surface area contributed by atoms with E-state index in [4.69, 9.17) is 21.1 Å². The number of amides is 2. The summed E-state index contributed by atoms with van der Waals surface area (Å²) in [4.78, 5) is 40.9. The normalized spacial score (nSPS) is 22.3. The molecule has 11 heteroatoms. The van der Waals surface area contributed by atoms with Gasteiger partial charge in [-0.05, 0) is 142 Å². The van der Waals surface area contributed by atoms with E-state index in [0.29, 0.717) is 36.3 Å². The summed E-state index contributed by atoms with van der Waals surface area (Å²) in [6.45, 7) is 5.31. The Labute approximate surface area is 331 Å². The van der Waals surface area contributed by atoms with Crippen molar-refractivity contribution in [1.82, 2.24) is 10.6 Å². The van der Waals surface area contributed by atoms with Gasteiger partial charge in [0.25, 0.3) is 11.8 Å². The SMILES string of the molecule is CC(C)(C)OC(=O)NC1CC2CCC(C1)C2C(=O)[C@@H](NC(=O)[C@H](O)c1ccc2cc(OC3CCCC3)ccc2c1)C(F)(F)c1ccc(-c2ccc(Cl)cc2)cc1. The maximum Gasteiger partial charge on any atom is 0.407 e. The molecule has 8 nitrogen and oxygen atoms in total. The third-order valence-electron chi connectivity index (χ3n) is 11.5. The van der Waals surface area contributed by atoms with Crippen LogP contribution in [0.15, 0.2) is 84.9 Å². The molecule has 3 N–H and O–H groups in total. The van der Waals surface area contributed by atoms with Gasteiger partial charge in [-0.25, -0.2) is 4.79 Å². The number of aliphatic hydroxyl groups is 1. The Kier molecular flexibility index (Phi) is 11.4. The topological polar surface area (TPSA) is 114 Å². The van der Waals surface area contributed by atoms with Gasteiger partial charge in [-0.1, -0.05) is 66.2 Å². The van der Waals surface area contributed by atoms with Gasteiger partial charge in [0, 0.05) is 22.5 Å². The lowest BCUT2D eigenvalue weighted by atomic mass is 9.71. The molecule has 2 unspecified atom stereocenters. The Bertz CT molecular complexity index is 2050. The third kappa shape index (κ3) is 8.87. The van der Waals surface area contributed by atoms with Crippen molar-refractivity contribution in [3.8, 4) is 16.9 Å². The monoisotopic (exact) mass is 786 g/mol. The minimum Gasteiger partial charge on any atom is -0.490 e. The molecule has 0 saturated heterocycles. The molecule has 3 aliphatic rings. The molecule has 296 valence electrons. The van der Waals surface area contributed by atoms with Crippen LogP contribution in [0.1, 0.15) is 89.4 Å². The van der Waals surface area contributed by atoms with Crippen molar-refractivity contribution in [1.29, 1.82) is 0 Å². The first-order chi connectivity index (χ1) is 26.6. The average Bonchev–Trinajstić information content (AvgIpc) is 3.77. The van der Waals surface area contributed by atoms with Crippen molar-refractivity contribution in [2.45, 2.75) is 108 Å². The quantitative estimate of drug-likeness (QED) is 0.140. The highest BCUT2D eigenvalue weighted by Crippen LogP contribution is 2.49. The van der Waals surface area contributed by atoms with Gasteiger partial charge in [0.05, 0.1) is 6.10 Å². The Morgan fingerprint density at radius 3 is 2.02 bits per heavy atom. The van der Waals surface area contributed by atoms with Crippen molar-refractivity contribution in [2.75, 3.05) is 0 Å². The van der Waals surface area contributed by atoms with Crippen LogP contribution < -0.4 is 15.4 Å². The van der Waals surface area contributed by atoms with Crippen LogP contribution in [0.2, 0.25) is 5.02 Å². The smallest absolute Gasteiger partial charge is 0.407 e. The number of alkyl halides is 2. The lowest BCUT2D eigenvalue weighted by Crippen LogP contribution is -2.56. The Hall–Kier alpha value is -4.54. The fourth-order valence-electron chi connectivity index (χ4n) is 8.87. The van der Waals surface area contributed by atoms with E-state index in [1.54, 1.807) is 75.4 Å². The first-order valence-corrected chi connectivity index (χ1v) is 20.0. The van der Waals surface area contributed by atoms with E-state index in [1.165, 1.54) is 12.1 Å². The van der Waals surface area contributed by atoms with Crippen LogP contribution in [0, 0.1) is 17.8 Å². The minimum atomic E-state index is -3.84. The Morgan fingerprint density at radius 2 is 1.39 bits per heavy atom. The van der Waals surface area contributed by atoms with E-state index in [1.807, 2.05) is 18.2 Å². The number of ether oxygens (including phenoxy) is 2. The number of carbonyl (C=O) groups is 3. The number of Topliss-reactive ketones (excluding diaryl/α,β-unsaturated/α-hetero) is 1. The van der Waals surface area contributed by atoms with Crippen LogP contribution in [0.25, 0.3) is 21.9 Å². The molecule has 7 rings (SSSR count). The number of halogens is 3. The molecular formula is C45H49ClF2N2O6. The molecule has 0 spiro atoms. The molecule has 2 bridgehead atoms. The van der Waals surface area contributed by atoms with Crippen LogP contribution in [0.4, 0.5) is 13.6 Å². The van der Waals surface area contributed by atoms with E-state index in [0.717, 1.165) is 47.8 Å². The average molecular weight is 787 g/mol. The van der Waals surface area contributed by atoms with E-state index >= 15 is 8.78 Å². The summed E-state index contributed by atoms with van der Waals surface area (Å²) in [5.41, 5.74) is 0.512. The second kappa shape index (κ2) is 16.1. The zero-order chi connectivity index (χ0) is 39.8. The lowest BCUT2D eigenvalue weighted by molar-refractivity contribution is -0.148. The molecule has 4 aromatic carbocycles. The van der Waals surface area contributed by atoms with E-state index in [-0.39, 0.29) is 29.5 Å². The lowest BCUT2D eigenvalue weighted by Gasteiger charge is -2.38. The molecule has 0 heterocycles. The molecule has 4 atom stereocenters. The molecule has 3 fully saturated rings. The zero-order valence-corrected chi connectivity index (χ0v) is 32.7. The number of fused-ring (bicyclic) bond motifs is 3. The summed E-state index contributed by atoms with van der Waals surface area (Å²) in [7, 11) is 0. The van der Waals surface area contributed by atoms with Crippen LogP contribution in [-0.2, 0) is 20.2 Å². The molecule has 3 saturated carbocycles. The van der Waals surface area contributed by atoms with Gasteiger partial charge >= 0.3 is 6.09 Å². The molecule has 2 amide bonds. The highest BCUT2D eigenvalue weighted by atomic mass is 35.5. The number of nitrogens with one attached hydrogen (secondary N) is 2. The van der Waals surface area contributed by atoms with Gasteiger partial charge < -0.3 is 25.2 Å². The van der Waals surface area contributed by atoms with E-state index in [9.17, 15) is 19.5 Å². The highest BCUT2D eigenvalue weighted by molar-refractivity contribution is 6.30. The van der Waals surface area contributed by atoms with Crippen molar-refractivity contribution in [2.24, 2.45) is 17.8 Å². The van der Waals surface area contributed by atoms with Crippen molar-refractivity contribution in [3.05, 3.63) is 101 Å². The predicted octanol–water partition coefficient (Wildman–Crippen LogP) is 9.69. The number of benzene rings is 4. The van der Waals surface area contributed by atoms with Crippen LogP contribution in [-0.4, -0.2) is 46.7 Å². The maximum atomic E-state index is 16.9. The van der Waals surface area contributed by atoms with Gasteiger partial charge in [0.1, 0.15) is 11.4 Å². The minimum absolute atomic E-state index is 0.187. The second-order valence-electron chi connectivity index (χ2n) is 16.7. The van der Waals surface area contributed by atoms with Crippen LogP contribution in [0.5, 0.6) is 5.75 Å². The maximum absolute atomic E-state index is 16.9. The first kappa shape index (κ1) is 39.7. The Balaban J connectivity index is 1.13. The summed E-state index contributed by atoms with van der Waals surface area (Å²) in [6.07, 6.45) is 4.22. The molecule has 56 heavy (non-hydrogen) atoms. The van der Waals surface area contributed by atoms with E-state index in [2.05, 4.69) is 10.6 Å². The van der Waals surface area contributed by atoms with Gasteiger partial charge in [0.2, 0.25) is 0 Å². The fraction of sp³-hybridized carbons (Fsp3) is 0.444. The summed E-state index contributed by atoms with van der Waals surface area (Å²) in [5, 5.41) is 18.7. The fourth-order valence-corrected chi connectivity index (χ4v) is 8.99.